The van der Waals surface area contributed by atoms with E-state index in [4.69, 9.17) is 15.8 Å². The Bertz CT molecular complexity index is 1030. The average Bonchev–Trinajstić information content (AvgIpc) is 2.82. The summed E-state index contributed by atoms with van der Waals surface area (Å²) in [5.74, 6) is 0. The van der Waals surface area contributed by atoms with E-state index < -0.39 is 0 Å². The Kier molecular flexibility index (Phi) is 13.8. The number of benzene rings is 3. The van der Waals surface area contributed by atoms with Crippen LogP contribution in [0.4, 0.5) is 0 Å². The lowest BCUT2D eigenvalue weighted by Crippen LogP contribution is -1.86. The Morgan fingerprint density at radius 3 is 1.69 bits per heavy atom. The lowest BCUT2D eigenvalue weighted by Gasteiger charge is -2.00. The molecule has 0 aliphatic rings. The van der Waals surface area contributed by atoms with E-state index in [-0.39, 0.29) is 0 Å². The third-order valence-corrected chi connectivity index (χ3v) is 4.74. The zero-order chi connectivity index (χ0) is 23.4. The molecule has 3 aromatic rings. The smallest absolute Gasteiger partial charge is 0.0625 e. The number of rotatable bonds is 6. The summed E-state index contributed by atoms with van der Waals surface area (Å²) in [6, 6.07) is 32.9. The first kappa shape index (κ1) is 26.2. The van der Waals surface area contributed by atoms with Crippen LogP contribution >= 0.6 is 0 Å². The molecule has 0 bridgehead atoms. The topological polar surface area (TPSA) is 71.4 Å². The molecule has 0 heterocycles. The van der Waals surface area contributed by atoms with Crippen LogP contribution in [0, 0.1) is 47.8 Å². The van der Waals surface area contributed by atoms with Gasteiger partial charge in [-0.3, -0.25) is 0 Å². The van der Waals surface area contributed by atoms with Crippen LogP contribution in [0.25, 0.3) is 0 Å². The molecule has 0 N–H and O–H groups in total. The van der Waals surface area contributed by atoms with Crippen molar-refractivity contribution < 1.29 is 0 Å². The van der Waals surface area contributed by atoms with Crippen LogP contribution in [-0.4, -0.2) is 0 Å². The number of nitriles is 3. The van der Waals surface area contributed by atoms with Gasteiger partial charge in [0.1, 0.15) is 0 Å². The molecular weight excluding hydrogens is 390 g/mol. The lowest BCUT2D eigenvalue weighted by molar-refractivity contribution is 0.996. The fraction of sp³-hybridized carbons (Fsp3) is 0.276. The molecule has 0 radical (unpaired) electrons. The minimum Gasteiger partial charge on any atom is -0.198 e. The quantitative estimate of drug-likeness (QED) is 0.428. The molecule has 3 nitrogen and oxygen atoms in total. The second-order valence-electron chi connectivity index (χ2n) is 7.38. The van der Waals surface area contributed by atoms with Gasteiger partial charge < -0.3 is 0 Å². The lowest BCUT2D eigenvalue weighted by atomic mass is 10.1. The molecule has 0 amide bonds. The third kappa shape index (κ3) is 12.0. The summed E-state index contributed by atoms with van der Waals surface area (Å²) >= 11 is 0. The normalized spacial score (nSPS) is 8.97. The van der Waals surface area contributed by atoms with Gasteiger partial charge in [-0.1, -0.05) is 84.4 Å². The summed E-state index contributed by atoms with van der Waals surface area (Å²) in [4.78, 5) is 0. The molecule has 162 valence electrons. The molecule has 0 unspecified atom stereocenters. The number of nitrogens with zero attached hydrogens (tertiary/aromatic N) is 3. The van der Waals surface area contributed by atoms with Crippen LogP contribution in [0.3, 0.4) is 0 Å². The second kappa shape index (κ2) is 16.9. The number of hydrogen-bond donors (Lipinski definition) is 0. The van der Waals surface area contributed by atoms with E-state index >= 15 is 0 Å². The molecule has 0 fully saturated rings. The Morgan fingerprint density at radius 2 is 1.09 bits per heavy atom. The molecule has 3 aromatic carbocycles. The molecule has 0 aliphatic carbocycles. The maximum atomic E-state index is 8.37. The van der Waals surface area contributed by atoms with E-state index in [1.165, 1.54) is 27.8 Å². The largest absolute Gasteiger partial charge is 0.198 e. The summed E-state index contributed by atoms with van der Waals surface area (Å²) in [6.07, 6.45) is 4.47. The number of hydrogen-bond acceptors (Lipinski definition) is 3. The van der Waals surface area contributed by atoms with Crippen molar-refractivity contribution in [1.82, 2.24) is 0 Å². The molecule has 0 aliphatic heterocycles. The monoisotopic (exact) mass is 421 g/mol. The van der Waals surface area contributed by atoms with E-state index in [2.05, 4.69) is 62.4 Å². The van der Waals surface area contributed by atoms with Crippen molar-refractivity contribution in [2.75, 3.05) is 0 Å². The molecule has 0 saturated heterocycles. The molecule has 0 aromatic heterocycles. The molecular formula is C29H31N3. The van der Waals surface area contributed by atoms with E-state index in [9.17, 15) is 0 Å². The predicted octanol–water partition coefficient (Wildman–Crippen LogP) is 7.05. The van der Waals surface area contributed by atoms with Crippen LogP contribution in [0.1, 0.15) is 47.1 Å². The molecule has 3 rings (SSSR count). The van der Waals surface area contributed by atoms with Gasteiger partial charge in [0.2, 0.25) is 0 Å². The number of aryl methyl sites for hydroxylation is 5. The van der Waals surface area contributed by atoms with Gasteiger partial charge in [-0.05, 0) is 55.4 Å². The van der Waals surface area contributed by atoms with Gasteiger partial charge in [0.15, 0.2) is 0 Å². The highest BCUT2D eigenvalue weighted by molar-refractivity contribution is 5.26. The van der Waals surface area contributed by atoms with Gasteiger partial charge in [0.25, 0.3) is 0 Å². The molecule has 0 atom stereocenters. The first-order chi connectivity index (χ1) is 15.6. The van der Waals surface area contributed by atoms with Crippen molar-refractivity contribution >= 4 is 0 Å². The van der Waals surface area contributed by atoms with Gasteiger partial charge in [0, 0.05) is 19.3 Å². The van der Waals surface area contributed by atoms with Crippen LogP contribution in [0.15, 0.2) is 78.9 Å². The van der Waals surface area contributed by atoms with Crippen molar-refractivity contribution in [1.29, 1.82) is 15.8 Å². The standard InChI is InChI=1S/2C10H11N.C9H9N/c1-9-4-2-5-10(8-9)6-3-7-11;1-9-5-2-3-6-10(9)7-4-8-11;10-8-4-7-9-5-2-1-3-6-9/h2,4-5,8H,3,6H2,1H3;2-3,5-6H,4,7H2,1H3;1-3,5-6H,4,7H2. The molecule has 0 saturated carbocycles. The minimum absolute atomic E-state index is 0.615. The van der Waals surface area contributed by atoms with Crippen molar-refractivity contribution in [2.24, 2.45) is 0 Å². The van der Waals surface area contributed by atoms with Crippen LogP contribution in [-0.2, 0) is 19.3 Å². The minimum atomic E-state index is 0.615. The molecule has 3 heteroatoms. The maximum Gasteiger partial charge on any atom is 0.0625 e. The highest BCUT2D eigenvalue weighted by atomic mass is 14.2. The first-order valence-corrected chi connectivity index (χ1v) is 10.9. The van der Waals surface area contributed by atoms with Gasteiger partial charge >= 0.3 is 0 Å². The third-order valence-electron chi connectivity index (χ3n) is 4.74. The SMILES string of the molecule is Cc1cccc(CCC#N)c1.Cc1ccccc1CCC#N.N#CCCc1ccccc1. The van der Waals surface area contributed by atoms with Crippen molar-refractivity contribution in [2.45, 2.75) is 52.4 Å². The van der Waals surface area contributed by atoms with Gasteiger partial charge in [-0.25, -0.2) is 0 Å². The molecule has 32 heavy (non-hydrogen) atoms. The summed E-state index contributed by atoms with van der Waals surface area (Å²) < 4.78 is 0. The fourth-order valence-corrected chi connectivity index (χ4v) is 2.99. The van der Waals surface area contributed by atoms with Crippen LogP contribution < -0.4 is 0 Å². The molecule has 0 spiro atoms. The average molecular weight is 422 g/mol. The van der Waals surface area contributed by atoms with Crippen molar-refractivity contribution in [3.05, 3.63) is 107 Å². The summed E-state index contributed by atoms with van der Waals surface area (Å²) in [7, 11) is 0. The van der Waals surface area contributed by atoms with Crippen LogP contribution in [0.2, 0.25) is 0 Å². The Hall–Kier alpha value is -3.87. The zero-order valence-electron chi connectivity index (χ0n) is 19.1. The van der Waals surface area contributed by atoms with E-state index in [0.29, 0.717) is 19.3 Å². The Labute approximate surface area is 193 Å². The van der Waals surface area contributed by atoms with Crippen molar-refractivity contribution in [3.8, 4) is 18.2 Å². The fourth-order valence-electron chi connectivity index (χ4n) is 2.99. The van der Waals surface area contributed by atoms with Gasteiger partial charge in [-0.15, -0.1) is 0 Å². The Morgan fingerprint density at radius 1 is 0.562 bits per heavy atom. The van der Waals surface area contributed by atoms with Crippen LogP contribution in [0.5, 0.6) is 0 Å². The highest BCUT2D eigenvalue weighted by Crippen LogP contribution is 2.08. The van der Waals surface area contributed by atoms with Gasteiger partial charge in [0.05, 0.1) is 18.2 Å². The summed E-state index contributed by atoms with van der Waals surface area (Å²) in [5, 5.41) is 25.0. The second-order valence-corrected chi connectivity index (χ2v) is 7.38. The van der Waals surface area contributed by atoms with Crippen molar-refractivity contribution in [3.63, 3.8) is 0 Å². The van der Waals surface area contributed by atoms with E-state index in [1.54, 1.807) is 0 Å². The Balaban J connectivity index is 0.000000240. The predicted molar refractivity (Wildman–Crippen MR) is 131 cm³/mol. The highest BCUT2D eigenvalue weighted by Gasteiger charge is 1.94. The maximum absolute atomic E-state index is 8.37. The first-order valence-electron chi connectivity index (χ1n) is 10.9. The zero-order valence-corrected chi connectivity index (χ0v) is 19.1. The summed E-state index contributed by atoms with van der Waals surface area (Å²) in [6.45, 7) is 4.14. The summed E-state index contributed by atoms with van der Waals surface area (Å²) in [5.41, 5.74) is 6.33. The van der Waals surface area contributed by atoms with Gasteiger partial charge in [-0.2, -0.15) is 15.8 Å². The van der Waals surface area contributed by atoms with E-state index in [1.807, 2.05) is 48.5 Å². The van der Waals surface area contributed by atoms with E-state index in [0.717, 1.165) is 19.3 Å².